The lowest BCUT2D eigenvalue weighted by molar-refractivity contribution is -0.137. The average Bonchev–Trinajstić information content (AvgIpc) is 3.50. The van der Waals surface area contributed by atoms with E-state index in [1.54, 1.807) is 4.68 Å². The van der Waals surface area contributed by atoms with Gasteiger partial charge >= 0.3 is 6.18 Å². The molecule has 33 heavy (non-hydrogen) atoms. The zero-order valence-electron chi connectivity index (χ0n) is 18.5. The summed E-state index contributed by atoms with van der Waals surface area (Å²) in [6, 6.07) is 0. The van der Waals surface area contributed by atoms with E-state index >= 15 is 0 Å². The quantitative estimate of drug-likeness (QED) is 0.715. The molecule has 2 saturated heterocycles. The number of hydrogen-bond acceptors (Lipinski definition) is 5. The lowest BCUT2D eigenvalue weighted by Gasteiger charge is -2.21. The van der Waals surface area contributed by atoms with Crippen LogP contribution in [-0.2, 0) is 28.6 Å². The third-order valence-electron chi connectivity index (χ3n) is 6.82. The molecule has 5 rings (SSSR count). The number of nitrogens with zero attached hydrogens (tertiary/aromatic N) is 2. The van der Waals surface area contributed by atoms with Crippen molar-refractivity contribution >= 4 is 5.91 Å². The molecule has 0 spiro atoms. The van der Waals surface area contributed by atoms with Crippen molar-refractivity contribution in [2.45, 2.75) is 63.8 Å². The van der Waals surface area contributed by atoms with Crippen LogP contribution in [0.1, 0.15) is 66.0 Å². The molecule has 0 radical (unpaired) electrons. The average molecular weight is 467 g/mol. The van der Waals surface area contributed by atoms with E-state index in [9.17, 15) is 18.0 Å². The number of carbonyl (C=O) groups is 1. The van der Waals surface area contributed by atoms with Gasteiger partial charge < -0.3 is 19.2 Å². The van der Waals surface area contributed by atoms with Crippen LogP contribution in [0.15, 0.2) is 10.6 Å². The summed E-state index contributed by atoms with van der Waals surface area (Å²) in [5, 5.41) is 7.12. The summed E-state index contributed by atoms with van der Waals surface area (Å²) in [5.74, 6) is -1.08. The smallest absolute Gasteiger partial charge is 0.420 e. The molecule has 4 heterocycles. The molecule has 0 bridgehead atoms. The molecule has 180 valence electrons. The van der Waals surface area contributed by atoms with Crippen molar-refractivity contribution in [2.75, 3.05) is 26.4 Å². The molecule has 2 aromatic rings. The highest BCUT2D eigenvalue weighted by atomic mass is 19.4. The van der Waals surface area contributed by atoms with Gasteiger partial charge in [-0.15, -0.1) is 0 Å². The summed E-state index contributed by atoms with van der Waals surface area (Å²) in [6.07, 6.45) is 0.652. The molecular weight excluding hydrogens is 439 g/mol. The van der Waals surface area contributed by atoms with Crippen LogP contribution in [0.5, 0.6) is 0 Å². The molecule has 3 aliphatic rings. The van der Waals surface area contributed by atoms with Gasteiger partial charge in [0, 0.05) is 51.1 Å². The van der Waals surface area contributed by atoms with E-state index in [-0.39, 0.29) is 42.0 Å². The number of halogens is 3. The van der Waals surface area contributed by atoms with Gasteiger partial charge in [-0.3, -0.25) is 9.48 Å². The fourth-order valence-corrected chi connectivity index (χ4v) is 5.06. The van der Waals surface area contributed by atoms with Crippen molar-refractivity contribution in [1.29, 1.82) is 0 Å². The third-order valence-corrected chi connectivity index (χ3v) is 6.82. The molecule has 1 amide bonds. The summed E-state index contributed by atoms with van der Waals surface area (Å²) in [5.41, 5.74) is -0.104. The molecule has 2 fully saturated rings. The van der Waals surface area contributed by atoms with Crippen LogP contribution in [0.25, 0.3) is 11.3 Å². The van der Waals surface area contributed by atoms with Crippen LogP contribution in [0.4, 0.5) is 13.2 Å². The van der Waals surface area contributed by atoms with Crippen LogP contribution >= 0.6 is 0 Å². The molecule has 0 aromatic carbocycles. The van der Waals surface area contributed by atoms with Crippen LogP contribution in [0.3, 0.4) is 0 Å². The summed E-state index contributed by atoms with van der Waals surface area (Å²) in [4.78, 5) is 12.8. The summed E-state index contributed by atoms with van der Waals surface area (Å²) < 4.78 is 60.9. The SMILES string of the molecule is CC1Cc2oc(C(=O)NC[C@@H]3CCCO3)c(C(F)(F)F)c2-c2nn(CC3CCOCC3)cc21. The van der Waals surface area contributed by atoms with Crippen molar-refractivity contribution in [3.05, 3.63) is 28.8 Å². The first kappa shape index (κ1) is 22.5. The van der Waals surface area contributed by atoms with Crippen LogP contribution < -0.4 is 5.32 Å². The van der Waals surface area contributed by atoms with Crippen molar-refractivity contribution in [2.24, 2.45) is 5.92 Å². The van der Waals surface area contributed by atoms with E-state index in [0.29, 0.717) is 32.3 Å². The Bertz CT molecular complexity index is 1020. The van der Waals surface area contributed by atoms with Gasteiger partial charge in [0.25, 0.3) is 5.91 Å². The van der Waals surface area contributed by atoms with Gasteiger partial charge in [-0.25, -0.2) is 0 Å². The fraction of sp³-hybridized carbons (Fsp3) is 0.652. The molecule has 2 atom stereocenters. The predicted octanol–water partition coefficient (Wildman–Crippen LogP) is 4.16. The lowest BCUT2D eigenvalue weighted by atomic mass is 9.86. The first-order valence-electron chi connectivity index (χ1n) is 11.6. The number of furan rings is 1. The second-order valence-electron chi connectivity index (χ2n) is 9.26. The topological polar surface area (TPSA) is 78.5 Å². The molecule has 1 unspecified atom stereocenters. The van der Waals surface area contributed by atoms with E-state index in [2.05, 4.69) is 10.4 Å². The minimum atomic E-state index is -4.75. The lowest BCUT2D eigenvalue weighted by Crippen LogP contribution is -2.32. The Morgan fingerprint density at radius 3 is 2.73 bits per heavy atom. The molecule has 1 N–H and O–H groups in total. The van der Waals surface area contributed by atoms with Crippen molar-refractivity contribution in [1.82, 2.24) is 15.1 Å². The highest BCUT2D eigenvalue weighted by molar-refractivity contribution is 5.96. The van der Waals surface area contributed by atoms with Gasteiger partial charge in [0.1, 0.15) is 11.3 Å². The number of ether oxygens (including phenoxy) is 2. The van der Waals surface area contributed by atoms with Crippen molar-refractivity contribution in [3.8, 4) is 11.3 Å². The van der Waals surface area contributed by atoms with Crippen molar-refractivity contribution < 1.29 is 31.9 Å². The van der Waals surface area contributed by atoms with Gasteiger partial charge in [0.15, 0.2) is 0 Å². The van der Waals surface area contributed by atoms with E-state index in [4.69, 9.17) is 13.9 Å². The number of rotatable bonds is 5. The fourth-order valence-electron chi connectivity index (χ4n) is 5.06. The van der Waals surface area contributed by atoms with Gasteiger partial charge in [0.05, 0.1) is 17.4 Å². The molecule has 7 nitrogen and oxygen atoms in total. The minimum absolute atomic E-state index is 0.0639. The molecule has 10 heteroatoms. The Hall–Kier alpha value is -2.33. The number of fused-ring (bicyclic) bond motifs is 3. The zero-order valence-corrected chi connectivity index (χ0v) is 18.5. The largest absolute Gasteiger partial charge is 0.455 e. The molecule has 1 aliphatic carbocycles. The second-order valence-corrected chi connectivity index (χ2v) is 9.26. The Morgan fingerprint density at radius 2 is 2.03 bits per heavy atom. The monoisotopic (exact) mass is 467 g/mol. The van der Waals surface area contributed by atoms with E-state index < -0.39 is 23.4 Å². The number of carbonyl (C=O) groups excluding carboxylic acids is 1. The molecule has 0 saturated carbocycles. The molecule has 2 aromatic heterocycles. The van der Waals surface area contributed by atoms with E-state index in [1.165, 1.54) is 0 Å². The minimum Gasteiger partial charge on any atom is -0.455 e. The molecule has 2 aliphatic heterocycles. The Labute approximate surface area is 189 Å². The standard InChI is InChI=1S/C23H28F3N3O4/c1-13-9-17-18(20-16(13)12-29(28-20)11-14-4-7-31-8-5-14)19(23(24,25)26)21(33-17)22(30)27-10-15-3-2-6-32-15/h12-15H,2-11H2,1H3,(H,27,30)/t13?,15-/m0/s1. The zero-order chi connectivity index (χ0) is 23.2. The summed E-state index contributed by atoms with van der Waals surface area (Å²) >= 11 is 0. The maximum atomic E-state index is 14.2. The number of alkyl halides is 3. The number of aromatic nitrogens is 2. The number of nitrogens with one attached hydrogen (secondary N) is 1. The van der Waals surface area contributed by atoms with Crippen LogP contribution in [0.2, 0.25) is 0 Å². The Balaban J connectivity index is 1.48. The second kappa shape index (κ2) is 8.79. The first-order chi connectivity index (χ1) is 15.8. The number of amides is 1. The maximum Gasteiger partial charge on any atom is 0.420 e. The summed E-state index contributed by atoms with van der Waals surface area (Å²) in [7, 11) is 0. The first-order valence-corrected chi connectivity index (χ1v) is 11.6. The van der Waals surface area contributed by atoms with E-state index in [1.807, 2.05) is 13.1 Å². The Kier molecular flexibility index (Phi) is 5.98. The van der Waals surface area contributed by atoms with Crippen molar-refractivity contribution in [3.63, 3.8) is 0 Å². The highest BCUT2D eigenvalue weighted by Gasteiger charge is 2.46. The van der Waals surface area contributed by atoms with E-state index in [0.717, 1.165) is 31.2 Å². The normalized spacial score (nSPS) is 23.4. The maximum absolute atomic E-state index is 14.2. The van der Waals surface area contributed by atoms with Gasteiger partial charge in [0.2, 0.25) is 5.76 Å². The third kappa shape index (κ3) is 4.42. The van der Waals surface area contributed by atoms with Crippen LogP contribution in [0, 0.1) is 5.92 Å². The molecular formula is C23H28F3N3O4. The Morgan fingerprint density at radius 1 is 1.24 bits per heavy atom. The van der Waals surface area contributed by atoms with Gasteiger partial charge in [-0.05, 0) is 37.5 Å². The van der Waals surface area contributed by atoms with Crippen LogP contribution in [-0.4, -0.2) is 48.2 Å². The summed E-state index contributed by atoms with van der Waals surface area (Å²) in [6.45, 7) is 4.71. The highest BCUT2D eigenvalue weighted by Crippen LogP contribution is 2.48. The number of hydrogen-bond donors (Lipinski definition) is 1. The van der Waals surface area contributed by atoms with Gasteiger partial charge in [-0.1, -0.05) is 6.92 Å². The predicted molar refractivity (Wildman–Crippen MR) is 112 cm³/mol. The van der Waals surface area contributed by atoms with Gasteiger partial charge in [-0.2, -0.15) is 18.3 Å².